The Kier molecular flexibility index (Phi) is 5.29. The van der Waals surface area contributed by atoms with E-state index in [-0.39, 0.29) is 24.3 Å². The lowest BCUT2D eigenvalue weighted by molar-refractivity contribution is -0.157. The van der Waals surface area contributed by atoms with E-state index in [0.29, 0.717) is 19.8 Å². The first-order valence-corrected chi connectivity index (χ1v) is 8.13. The van der Waals surface area contributed by atoms with Gasteiger partial charge in [-0.05, 0) is 31.2 Å². The van der Waals surface area contributed by atoms with Crippen molar-refractivity contribution in [2.24, 2.45) is 0 Å². The fraction of sp³-hybridized carbons (Fsp3) is 0.588. The van der Waals surface area contributed by atoms with Gasteiger partial charge in [0, 0.05) is 12.6 Å². The summed E-state index contributed by atoms with van der Waals surface area (Å²) in [5.74, 6) is 0. The molecule has 3 atom stereocenters. The Balaban J connectivity index is 1.37. The quantitative estimate of drug-likeness (QED) is 0.893. The van der Waals surface area contributed by atoms with E-state index in [1.807, 2.05) is 18.2 Å². The number of hydrogen-bond acceptors (Lipinski definition) is 3. The summed E-state index contributed by atoms with van der Waals surface area (Å²) in [5.41, 5.74) is 1.23. The average Bonchev–Trinajstić information content (AvgIpc) is 2.56. The molecule has 1 aliphatic carbocycles. The predicted octanol–water partition coefficient (Wildman–Crippen LogP) is 1.86. The molecule has 5 nitrogen and oxygen atoms in total. The maximum absolute atomic E-state index is 12.0. The highest BCUT2D eigenvalue weighted by atomic mass is 16.6. The van der Waals surface area contributed by atoms with Crippen LogP contribution in [-0.4, -0.2) is 44.0 Å². The second-order valence-corrected chi connectivity index (χ2v) is 5.96. The number of fused-ring (bicyclic) bond motifs is 1. The van der Waals surface area contributed by atoms with E-state index in [4.69, 9.17) is 9.47 Å². The smallest absolute Gasteiger partial charge is 0.315 e. The zero-order chi connectivity index (χ0) is 15.2. The minimum atomic E-state index is -0.0869. The Morgan fingerprint density at radius 1 is 1.09 bits per heavy atom. The minimum absolute atomic E-state index is 0.0869. The Labute approximate surface area is 131 Å². The van der Waals surface area contributed by atoms with Crippen LogP contribution in [0.15, 0.2) is 30.3 Å². The first kappa shape index (κ1) is 15.3. The molecule has 1 aromatic rings. The molecule has 120 valence electrons. The number of amides is 2. The van der Waals surface area contributed by atoms with E-state index in [1.54, 1.807) is 0 Å². The predicted molar refractivity (Wildman–Crippen MR) is 83.8 cm³/mol. The maximum atomic E-state index is 12.0. The van der Waals surface area contributed by atoms with Crippen molar-refractivity contribution in [2.45, 2.75) is 43.9 Å². The summed E-state index contributed by atoms with van der Waals surface area (Å²) in [6, 6.07) is 10.3. The van der Waals surface area contributed by atoms with E-state index in [2.05, 4.69) is 22.8 Å². The summed E-state index contributed by atoms with van der Waals surface area (Å²) < 4.78 is 11.4. The molecule has 1 heterocycles. The Bertz CT molecular complexity index is 480. The lowest BCUT2D eigenvalue weighted by Gasteiger charge is -2.39. The Morgan fingerprint density at radius 2 is 1.86 bits per heavy atom. The topological polar surface area (TPSA) is 59.6 Å². The van der Waals surface area contributed by atoms with Gasteiger partial charge in [-0.25, -0.2) is 4.79 Å². The number of nitrogens with one attached hydrogen (secondary N) is 2. The van der Waals surface area contributed by atoms with E-state index in [0.717, 1.165) is 25.7 Å². The van der Waals surface area contributed by atoms with E-state index in [1.165, 1.54) is 5.56 Å². The summed E-state index contributed by atoms with van der Waals surface area (Å²) in [6.07, 6.45) is 3.96. The molecule has 2 N–H and O–H groups in total. The number of hydrogen-bond donors (Lipinski definition) is 2. The highest BCUT2D eigenvalue weighted by molar-refractivity contribution is 5.74. The molecule has 1 saturated heterocycles. The Morgan fingerprint density at radius 3 is 2.68 bits per heavy atom. The average molecular weight is 304 g/mol. The van der Waals surface area contributed by atoms with Crippen LogP contribution in [0, 0.1) is 0 Å². The third-order valence-electron chi connectivity index (χ3n) is 4.36. The maximum Gasteiger partial charge on any atom is 0.315 e. The zero-order valence-electron chi connectivity index (χ0n) is 12.8. The van der Waals surface area contributed by atoms with Crippen molar-refractivity contribution in [3.8, 4) is 0 Å². The van der Waals surface area contributed by atoms with E-state index >= 15 is 0 Å². The van der Waals surface area contributed by atoms with Crippen LogP contribution in [0.4, 0.5) is 4.79 Å². The molecule has 0 radical (unpaired) electrons. The summed E-state index contributed by atoms with van der Waals surface area (Å²) in [5, 5.41) is 5.98. The lowest BCUT2D eigenvalue weighted by atomic mass is 9.90. The first-order chi connectivity index (χ1) is 10.8. The van der Waals surface area contributed by atoms with Gasteiger partial charge < -0.3 is 20.1 Å². The van der Waals surface area contributed by atoms with Gasteiger partial charge in [0.25, 0.3) is 0 Å². The van der Waals surface area contributed by atoms with Gasteiger partial charge in [-0.15, -0.1) is 0 Å². The number of rotatable bonds is 4. The van der Waals surface area contributed by atoms with Gasteiger partial charge in [-0.1, -0.05) is 30.3 Å². The molecule has 2 amide bonds. The third-order valence-corrected chi connectivity index (χ3v) is 4.36. The van der Waals surface area contributed by atoms with Crippen molar-refractivity contribution < 1.29 is 14.3 Å². The summed E-state index contributed by atoms with van der Waals surface area (Å²) >= 11 is 0. The molecule has 2 fully saturated rings. The van der Waals surface area contributed by atoms with Gasteiger partial charge in [0.15, 0.2) is 0 Å². The van der Waals surface area contributed by atoms with Gasteiger partial charge in [0.05, 0.1) is 25.4 Å². The second kappa shape index (κ2) is 7.61. The van der Waals surface area contributed by atoms with Crippen molar-refractivity contribution in [1.29, 1.82) is 0 Å². The van der Waals surface area contributed by atoms with Gasteiger partial charge in [0.2, 0.25) is 0 Å². The molecule has 1 aromatic carbocycles. The van der Waals surface area contributed by atoms with Crippen molar-refractivity contribution in [1.82, 2.24) is 10.6 Å². The molecule has 1 aliphatic heterocycles. The molecule has 5 heteroatoms. The second-order valence-electron chi connectivity index (χ2n) is 5.96. The monoisotopic (exact) mass is 304 g/mol. The number of benzene rings is 1. The van der Waals surface area contributed by atoms with Gasteiger partial charge >= 0.3 is 6.03 Å². The number of ether oxygens (including phenoxy) is 2. The summed E-state index contributed by atoms with van der Waals surface area (Å²) in [6.45, 7) is 2.00. The van der Waals surface area contributed by atoms with Crippen molar-refractivity contribution >= 4 is 6.03 Å². The van der Waals surface area contributed by atoms with Crippen LogP contribution in [-0.2, 0) is 15.9 Å². The molecule has 22 heavy (non-hydrogen) atoms. The van der Waals surface area contributed by atoms with Crippen LogP contribution in [0.3, 0.4) is 0 Å². The molecule has 0 spiro atoms. The first-order valence-electron chi connectivity index (χ1n) is 8.13. The Hall–Kier alpha value is -1.59. The van der Waals surface area contributed by atoms with Gasteiger partial charge in [-0.2, -0.15) is 0 Å². The van der Waals surface area contributed by atoms with E-state index in [9.17, 15) is 4.79 Å². The fourth-order valence-electron chi connectivity index (χ4n) is 3.20. The SMILES string of the molecule is O=C(NCCc1ccccc1)N[C@@H]1CC[C@H]2OCCO[C@H]2C1. The van der Waals surface area contributed by atoms with Crippen molar-refractivity contribution in [2.75, 3.05) is 19.8 Å². The third kappa shape index (κ3) is 4.21. The van der Waals surface area contributed by atoms with Crippen LogP contribution in [0.25, 0.3) is 0 Å². The normalized spacial score (nSPS) is 27.7. The fourth-order valence-corrected chi connectivity index (χ4v) is 3.20. The van der Waals surface area contributed by atoms with Crippen molar-refractivity contribution in [3.63, 3.8) is 0 Å². The van der Waals surface area contributed by atoms with Gasteiger partial charge in [0.1, 0.15) is 0 Å². The van der Waals surface area contributed by atoms with Crippen LogP contribution in [0.5, 0.6) is 0 Å². The van der Waals surface area contributed by atoms with Crippen LogP contribution in [0.1, 0.15) is 24.8 Å². The van der Waals surface area contributed by atoms with Gasteiger partial charge in [-0.3, -0.25) is 0 Å². The summed E-state index contributed by atoms with van der Waals surface area (Å²) in [4.78, 5) is 12.0. The zero-order valence-corrected chi connectivity index (χ0v) is 12.8. The van der Waals surface area contributed by atoms with Crippen LogP contribution >= 0.6 is 0 Å². The van der Waals surface area contributed by atoms with E-state index < -0.39 is 0 Å². The molecule has 0 aromatic heterocycles. The highest BCUT2D eigenvalue weighted by Crippen LogP contribution is 2.26. The molecular formula is C17H24N2O3. The summed E-state index contributed by atoms with van der Waals surface area (Å²) in [7, 11) is 0. The minimum Gasteiger partial charge on any atom is -0.373 e. The van der Waals surface area contributed by atoms with Crippen LogP contribution < -0.4 is 10.6 Å². The molecule has 3 rings (SSSR count). The highest BCUT2D eigenvalue weighted by Gasteiger charge is 2.34. The molecule has 1 saturated carbocycles. The largest absolute Gasteiger partial charge is 0.373 e. The number of carbonyl (C=O) groups is 1. The molecular weight excluding hydrogens is 280 g/mol. The molecule has 0 unspecified atom stereocenters. The standard InChI is InChI=1S/C17H24N2O3/c20-17(18-9-8-13-4-2-1-3-5-13)19-14-6-7-15-16(12-14)22-11-10-21-15/h1-5,14-16H,6-12H2,(H2,18,19,20)/t14-,15-,16+/m1/s1. The number of carbonyl (C=O) groups excluding carboxylic acids is 1. The van der Waals surface area contributed by atoms with Crippen LogP contribution in [0.2, 0.25) is 0 Å². The molecule has 2 aliphatic rings. The van der Waals surface area contributed by atoms with Crippen molar-refractivity contribution in [3.05, 3.63) is 35.9 Å². The molecule has 0 bridgehead atoms. The lowest BCUT2D eigenvalue weighted by Crippen LogP contribution is -2.51. The number of urea groups is 1.